The third kappa shape index (κ3) is 2.80. The van der Waals surface area contributed by atoms with Crippen molar-refractivity contribution in [1.82, 2.24) is 14.9 Å². The molecule has 3 saturated carbocycles. The number of nitrogens with zero attached hydrogens (tertiary/aromatic N) is 2. The van der Waals surface area contributed by atoms with Crippen LogP contribution in [0, 0.1) is 41.4 Å². The number of aromatic nitrogens is 2. The molecule has 32 heavy (non-hydrogen) atoms. The predicted octanol–water partition coefficient (Wildman–Crippen LogP) is 5.67. The molecule has 3 aliphatic carbocycles. The Morgan fingerprint density at radius 2 is 1.97 bits per heavy atom. The average Bonchev–Trinajstić information content (AvgIpc) is 3.31. The molecule has 6 rings (SSSR count). The maximum absolute atomic E-state index is 12.3. The van der Waals surface area contributed by atoms with Gasteiger partial charge in [0.1, 0.15) is 5.82 Å². The lowest BCUT2D eigenvalue weighted by atomic mass is 9.47. The Kier molecular flexibility index (Phi) is 4.45. The second kappa shape index (κ2) is 6.95. The number of hydrogen-bond donors (Lipinski definition) is 1. The van der Waals surface area contributed by atoms with E-state index in [0.717, 1.165) is 30.2 Å². The van der Waals surface area contributed by atoms with Crippen LogP contribution < -0.4 is 0 Å². The predicted molar refractivity (Wildman–Crippen MR) is 128 cm³/mol. The first-order valence-corrected chi connectivity index (χ1v) is 12.7. The first kappa shape index (κ1) is 20.5. The third-order valence-electron chi connectivity index (χ3n) is 10.5. The van der Waals surface area contributed by atoms with Gasteiger partial charge in [0.15, 0.2) is 0 Å². The summed E-state index contributed by atoms with van der Waals surface area (Å²) in [6, 6.07) is 6.90. The molecule has 2 aromatic rings. The van der Waals surface area contributed by atoms with Gasteiger partial charge >= 0.3 is 0 Å². The summed E-state index contributed by atoms with van der Waals surface area (Å²) in [4.78, 5) is 22.9. The SMILES string of the molecule is Cc1ccc2nc(CC3CC[C@H]4[C@@H]5CCC6N(C)C(=O)C=C[C@]6(C)[C@@H]5CC[C@]34C)[nH]c2c1. The number of benzene rings is 1. The number of nitrogens with one attached hydrogen (secondary N) is 1. The van der Waals surface area contributed by atoms with Crippen LogP contribution in [0.3, 0.4) is 0 Å². The second-order valence-corrected chi connectivity index (χ2v) is 11.8. The van der Waals surface area contributed by atoms with Crippen LogP contribution in [0.25, 0.3) is 11.0 Å². The van der Waals surface area contributed by atoms with Crippen LogP contribution in [0.15, 0.2) is 30.4 Å². The van der Waals surface area contributed by atoms with E-state index >= 15 is 0 Å². The highest BCUT2D eigenvalue weighted by atomic mass is 16.2. The Morgan fingerprint density at radius 1 is 1.12 bits per heavy atom. The average molecular weight is 432 g/mol. The van der Waals surface area contributed by atoms with E-state index in [9.17, 15) is 4.79 Å². The molecule has 0 radical (unpaired) electrons. The molecule has 4 nitrogen and oxygen atoms in total. The highest BCUT2D eigenvalue weighted by Gasteiger charge is 2.60. The van der Waals surface area contributed by atoms with E-state index < -0.39 is 0 Å². The summed E-state index contributed by atoms with van der Waals surface area (Å²) in [7, 11) is 2.02. The van der Waals surface area contributed by atoms with Gasteiger partial charge in [-0.25, -0.2) is 4.98 Å². The van der Waals surface area contributed by atoms with Gasteiger partial charge in [-0.1, -0.05) is 26.0 Å². The molecule has 3 fully saturated rings. The smallest absolute Gasteiger partial charge is 0.246 e. The lowest BCUT2D eigenvalue weighted by Gasteiger charge is -2.60. The highest BCUT2D eigenvalue weighted by molar-refractivity contribution is 5.89. The zero-order valence-corrected chi connectivity index (χ0v) is 20.0. The Bertz CT molecular complexity index is 1100. The minimum absolute atomic E-state index is 0.140. The molecule has 7 atom stereocenters. The number of aryl methyl sites for hydroxylation is 1. The van der Waals surface area contributed by atoms with Crippen molar-refractivity contribution in [2.45, 2.75) is 71.8 Å². The molecule has 2 heterocycles. The number of hydrogen-bond acceptors (Lipinski definition) is 2. The molecule has 2 unspecified atom stereocenters. The van der Waals surface area contributed by atoms with Crippen LogP contribution in [-0.4, -0.2) is 33.9 Å². The van der Waals surface area contributed by atoms with E-state index in [2.05, 4.69) is 50.0 Å². The van der Waals surface area contributed by atoms with Crippen LogP contribution in [0.5, 0.6) is 0 Å². The van der Waals surface area contributed by atoms with Gasteiger partial charge in [-0.2, -0.15) is 0 Å². The summed E-state index contributed by atoms with van der Waals surface area (Å²) < 4.78 is 0. The fraction of sp³-hybridized carbons (Fsp3) is 0.643. The van der Waals surface area contributed by atoms with Gasteiger partial charge in [0, 0.05) is 24.9 Å². The molecular formula is C28H37N3O. The quantitative estimate of drug-likeness (QED) is 0.666. The maximum Gasteiger partial charge on any atom is 0.246 e. The lowest BCUT2D eigenvalue weighted by Crippen LogP contribution is -2.59. The number of aromatic amines is 1. The van der Waals surface area contributed by atoms with E-state index in [1.165, 1.54) is 49.0 Å². The molecule has 0 saturated heterocycles. The molecule has 0 bridgehead atoms. The van der Waals surface area contributed by atoms with E-state index in [-0.39, 0.29) is 11.3 Å². The van der Waals surface area contributed by atoms with Crippen LogP contribution in [0.2, 0.25) is 0 Å². The Balaban J connectivity index is 1.26. The van der Waals surface area contributed by atoms with Crippen molar-refractivity contribution in [1.29, 1.82) is 0 Å². The fourth-order valence-electron chi connectivity index (χ4n) is 8.69. The standard InChI is InChI=1S/C28H37N3O/c1-17-5-9-22-23(15-17)30-25(29-22)16-18-6-8-20-19-7-10-24-28(3,14-12-26(32)31(24)4)21(19)11-13-27(18,20)2/h5,9,12,14-15,18-21,24H,6-8,10-11,13,16H2,1-4H3,(H,29,30)/t18?,19-,20-,21+,24?,27+,28+/m0/s1. The molecule has 0 spiro atoms. The first-order valence-electron chi connectivity index (χ1n) is 12.7. The van der Waals surface area contributed by atoms with Crippen LogP contribution >= 0.6 is 0 Å². The molecule has 1 aliphatic heterocycles. The Labute approximate surface area is 191 Å². The molecular weight excluding hydrogens is 394 g/mol. The van der Waals surface area contributed by atoms with Crippen molar-refractivity contribution in [2.75, 3.05) is 7.05 Å². The van der Waals surface area contributed by atoms with Crippen molar-refractivity contribution >= 4 is 16.9 Å². The van der Waals surface area contributed by atoms with Gasteiger partial charge < -0.3 is 9.88 Å². The Hall–Kier alpha value is -2.10. The summed E-state index contributed by atoms with van der Waals surface area (Å²) in [5, 5.41) is 0. The third-order valence-corrected chi connectivity index (χ3v) is 10.5. The Morgan fingerprint density at radius 3 is 2.81 bits per heavy atom. The number of rotatable bonds is 2. The number of H-pyrrole nitrogens is 1. The van der Waals surface area contributed by atoms with Crippen molar-refractivity contribution in [3.05, 3.63) is 41.7 Å². The van der Waals surface area contributed by atoms with E-state index in [1.54, 1.807) is 0 Å². The van der Waals surface area contributed by atoms with Crippen LogP contribution in [0.4, 0.5) is 0 Å². The summed E-state index contributed by atoms with van der Waals surface area (Å²) in [6.07, 6.45) is 13.0. The van der Waals surface area contributed by atoms with Gasteiger partial charge in [-0.15, -0.1) is 0 Å². The summed E-state index contributed by atoms with van der Waals surface area (Å²) in [5.41, 5.74) is 4.12. The summed E-state index contributed by atoms with van der Waals surface area (Å²) in [5.74, 6) is 4.39. The molecule has 4 aliphatic rings. The zero-order chi connectivity index (χ0) is 22.3. The van der Waals surface area contributed by atoms with Crippen molar-refractivity contribution < 1.29 is 4.79 Å². The zero-order valence-electron chi connectivity index (χ0n) is 20.0. The molecule has 1 amide bonds. The topological polar surface area (TPSA) is 49.0 Å². The number of carbonyl (C=O) groups excluding carboxylic acids is 1. The number of likely N-dealkylation sites (N-methyl/N-ethyl adjacent to an activating group) is 1. The normalized spacial score (nSPS) is 40.9. The lowest BCUT2D eigenvalue weighted by molar-refractivity contribution is -0.138. The van der Waals surface area contributed by atoms with E-state index in [0.29, 0.717) is 23.3 Å². The van der Waals surface area contributed by atoms with Crippen molar-refractivity contribution in [2.24, 2.45) is 34.5 Å². The largest absolute Gasteiger partial charge is 0.342 e. The minimum Gasteiger partial charge on any atom is -0.342 e. The van der Waals surface area contributed by atoms with Gasteiger partial charge in [-0.3, -0.25) is 4.79 Å². The molecule has 1 aromatic carbocycles. The second-order valence-electron chi connectivity index (χ2n) is 11.8. The molecule has 4 heteroatoms. The number of carbonyl (C=O) groups is 1. The minimum atomic E-state index is 0.140. The number of imidazole rings is 1. The number of fused-ring (bicyclic) bond motifs is 6. The monoisotopic (exact) mass is 431 g/mol. The maximum atomic E-state index is 12.3. The summed E-state index contributed by atoms with van der Waals surface area (Å²) >= 11 is 0. The van der Waals surface area contributed by atoms with E-state index in [4.69, 9.17) is 4.98 Å². The van der Waals surface area contributed by atoms with Gasteiger partial charge in [0.05, 0.1) is 11.0 Å². The first-order chi connectivity index (χ1) is 15.3. The van der Waals surface area contributed by atoms with Crippen LogP contribution in [0.1, 0.15) is 63.8 Å². The molecule has 170 valence electrons. The molecule has 1 N–H and O–H groups in total. The van der Waals surface area contributed by atoms with E-state index in [1.807, 2.05) is 18.0 Å². The molecule has 1 aromatic heterocycles. The van der Waals surface area contributed by atoms with Gasteiger partial charge in [0.25, 0.3) is 0 Å². The van der Waals surface area contributed by atoms with Crippen molar-refractivity contribution in [3.8, 4) is 0 Å². The van der Waals surface area contributed by atoms with Crippen LogP contribution in [-0.2, 0) is 11.2 Å². The van der Waals surface area contributed by atoms with Gasteiger partial charge in [0.2, 0.25) is 5.91 Å². The van der Waals surface area contributed by atoms with Gasteiger partial charge in [-0.05, 0) is 98.3 Å². The number of amides is 1. The van der Waals surface area contributed by atoms with Crippen molar-refractivity contribution in [3.63, 3.8) is 0 Å². The fourth-order valence-corrected chi connectivity index (χ4v) is 8.69. The summed E-state index contributed by atoms with van der Waals surface area (Å²) in [6.45, 7) is 7.18. The highest BCUT2D eigenvalue weighted by Crippen LogP contribution is 2.65.